The van der Waals surface area contributed by atoms with Crippen molar-refractivity contribution in [2.75, 3.05) is 13.1 Å². The van der Waals surface area contributed by atoms with Crippen LogP contribution in [0.3, 0.4) is 0 Å². The number of likely N-dealkylation sites (tertiary alicyclic amines) is 1. The molecule has 0 saturated carbocycles. The van der Waals surface area contributed by atoms with Crippen molar-refractivity contribution >= 4 is 16.8 Å². The highest BCUT2D eigenvalue weighted by molar-refractivity contribution is 5.94. The van der Waals surface area contributed by atoms with Crippen molar-refractivity contribution in [2.45, 2.75) is 18.9 Å². The number of carbonyl (C=O) groups excluding carboxylic acids is 1. The minimum absolute atomic E-state index is 0.0774. The quantitative estimate of drug-likeness (QED) is 0.706. The maximum absolute atomic E-state index is 12.9. The largest absolute Gasteiger partial charge is 0.337 e. The summed E-state index contributed by atoms with van der Waals surface area (Å²) < 4.78 is 1.65. The molecule has 1 aliphatic rings. The van der Waals surface area contributed by atoms with Crippen LogP contribution in [0.4, 0.5) is 0 Å². The molecule has 1 aromatic heterocycles. The second kappa shape index (κ2) is 7.04. The van der Waals surface area contributed by atoms with Crippen molar-refractivity contribution in [3.8, 4) is 6.07 Å². The van der Waals surface area contributed by atoms with Crippen molar-refractivity contribution in [3.05, 3.63) is 76.3 Å². The maximum Gasteiger partial charge on any atom is 0.261 e. The van der Waals surface area contributed by atoms with Gasteiger partial charge < -0.3 is 4.90 Å². The summed E-state index contributed by atoms with van der Waals surface area (Å²) in [7, 11) is 0. The first-order valence-corrected chi connectivity index (χ1v) is 8.92. The third-order valence-corrected chi connectivity index (χ3v) is 5.01. The van der Waals surface area contributed by atoms with Gasteiger partial charge in [0.05, 0.1) is 34.9 Å². The van der Waals surface area contributed by atoms with Crippen LogP contribution in [0, 0.1) is 11.3 Å². The Morgan fingerprint density at radius 2 is 2.04 bits per heavy atom. The van der Waals surface area contributed by atoms with Crippen LogP contribution in [-0.4, -0.2) is 33.4 Å². The summed E-state index contributed by atoms with van der Waals surface area (Å²) in [4.78, 5) is 31.8. The second-order valence-electron chi connectivity index (χ2n) is 6.71. The topological polar surface area (TPSA) is 79.0 Å². The number of rotatable bonds is 2. The third-order valence-electron chi connectivity index (χ3n) is 5.01. The third kappa shape index (κ3) is 3.20. The lowest BCUT2D eigenvalue weighted by atomic mass is 10.0. The van der Waals surface area contributed by atoms with Crippen LogP contribution in [0.15, 0.2) is 59.7 Å². The van der Waals surface area contributed by atoms with Gasteiger partial charge in [-0.3, -0.25) is 14.2 Å². The Balaban J connectivity index is 1.62. The molecule has 1 amide bonds. The molecule has 0 unspecified atom stereocenters. The fourth-order valence-corrected chi connectivity index (χ4v) is 3.61. The fourth-order valence-electron chi connectivity index (χ4n) is 3.61. The Morgan fingerprint density at radius 3 is 2.89 bits per heavy atom. The molecule has 2 heterocycles. The number of carbonyl (C=O) groups is 1. The molecule has 1 aliphatic heterocycles. The van der Waals surface area contributed by atoms with Gasteiger partial charge in [-0.25, -0.2) is 4.98 Å². The molecule has 27 heavy (non-hydrogen) atoms. The van der Waals surface area contributed by atoms with E-state index in [2.05, 4.69) is 11.1 Å². The van der Waals surface area contributed by atoms with Gasteiger partial charge in [0.25, 0.3) is 11.5 Å². The Bertz CT molecular complexity index is 1110. The molecule has 1 saturated heterocycles. The molecule has 1 fully saturated rings. The number of nitriles is 1. The van der Waals surface area contributed by atoms with E-state index in [0.29, 0.717) is 35.1 Å². The average Bonchev–Trinajstić information content (AvgIpc) is 2.74. The molecule has 0 aliphatic carbocycles. The lowest BCUT2D eigenvalue weighted by molar-refractivity contribution is 0.0677. The van der Waals surface area contributed by atoms with E-state index in [1.54, 1.807) is 46.1 Å². The van der Waals surface area contributed by atoms with Crippen molar-refractivity contribution in [3.63, 3.8) is 0 Å². The summed E-state index contributed by atoms with van der Waals surface area (Å²) in [6.45, 7) is 1.09. The highest BCUT2D eigenvalue weighted by Gasteiger charge is 2.26. The van der Waals surface area contributed by atoms with E-state index < -0.39 is 0 Å². The van der Waals surface area contributed by atoms with E-state index in [-0.39, 0.29) is 17.5 Å². The molecule has 6 nitrogen and oxygen atoms in total. The van der Waals surface area contributed by atoms with Gasteiger partial charge >= 0.3 is 0 Å². The second-order valence-corrected chi connectivity index (χ2v) is 6.71. The number of amides is 1. The first-order valence-electron chi connectivity index (χ1n) is 8.92. The average molecular weight is 358 g/mol. The van der Waals surface area contributed by atoms with Crippen molar-refractivity contribution < 1.29 is 4.79 Å². The lowest BCUT2D eigenvalue weighted by Crippen LogP contribution is -2.43. The summed E-state index contributed by atoms with van der Waals surface area (Å²) in [5.41, 5.74) is 1.56. The van der Waals surface area contributed by atoms with Gasteiger partial charge in [-0.15, -0.1) is 0 Å². The molecule has 2 aromatic carbocycles. The van der Waals surface area contributed by atoms with Crippen LogP contribution in [-0.2, 0) is 0 Å². The molecule has 0 bridgehead atoms. The number of fused-ring (bicyclic) bond motifs is 1. The minimum Gasteiger partial charge on any atom is -0.337 e. The minimum atomic E-state index is -0.112. The Labute approximate surface area is 156 Å². The number of hydrogen-bond donors (Lipinski definition) is 0. The van der Waals surface area contributed by atoms with Crippen molar-refractivity contribution in [2.24, 2.45) is 0 Å². The van der Waals surface area contributed by atoms with Gasteiger partial charge in [0.2, 0.25) is 0 Å². The van der Waals surface area contributed by atoms with E-state index in [1.165, 1.54) is 0 Å². The number of piperidine rings is 1. The molecule has 6 heteroatoms. The molecule has 1 atom stereocenters. The monoisotopic (exact) mass is 358 g/mol. The van der Waals surface area contributed by atoms with Crippen LogP contribution in [0.25, 0.3) is 10.9 Å². The van der Waals surface area contributed by atoms with Gasteiger partial charge in [0, 0.05) is 18.7 Å². The van der Waals surface area contributed by atoms with Gasteiger partial charge in [-0.05, 0) is 43.2 Å². The molecular weight excluding hydrogens is 340 g/mol. The molecule has 4 rings (SSSR count). The lowest BCUT2D eigenvalue weighted by Gasteiger charge is -2.33. The Kier molecular flexibility index (Phi) is 4.43. The first-order chi connectivity index (χ1) is 13.2. The maximum atomic E-state index is 12.9. The smallest absolute Gasteiger partial charge is 0.261 e. The van der Waals surface area contributed by atoms with E-state index in [1.807, 2.05) is 18.2 Å². The standard InChI is InChI=1S/C21H18N4O2/c22-12-15-5-3-6-16(11-15)20(26)24-10-4-7-17(13-24)25-14-23-19-9-2-1-8-18(19)21(25)27/h1-3,5-6,8-9,11,14,17H,4,7,10,13H2/t17-/m1/s1. The highest BCUT2D eigenvalue weighted by atomic mass is 16.2. The Morgan fingerprint density at radius 1 is 1.19 bits per heavy atom. The van der Waals surface area contributed by atoms with Crippen LogP contribution < -0.4 is 5.56 Å². The van der Waals surface area contributed by atoms with E-state index >= 15 is 0 Å². The van der Waals surface area contributed by atoms with E-state index in [9.17, 15) is 9.59 Å². The normalized spacial score (nSPS) is 16.9. The predicted molar refractivity (Wildman–Crippen MR) is 101 cm³/mol. The summed E-state index contributed by atoms with van der Waals surface area (Å²) in [6, 6.07) is 16.0. The van der Waals surface area contributed by atoms with Crippen molar-refractivity contribution in [1.82, 2.24) is 14.5 Å². The SMILES string of the molecule is N#Cc1cccc(C(=O)N2CCC[C@@H](n3cnc4ccccc4c3=O)C2)c1. The number of benzene rings is 2. The molecule has 0 radical (unpaired) electrons. The van der Waals surface area contributed by atoms with Gasteiger partial charge in [-0.2, -0.15) is 5.26 Å². The highest BCUT2D eigenvalue weighted by Crippen LogP contribution is 2.22. The van der Waals surface area contributed by atoms with Crippen LogP contribution in [0.2, 0.25) is 0 Å². The zero-order valence-corrected chi connectivity index (χ0v) is 14.7. The molecule has 134 valence electrons. The molecular formula is C21H18N4O2. The zero-order chi connectivity index (χ0) is 18.8. The number of hydrogen-bond acceptors (Lipinski definition) is 4. The van der Waals surface area contributed by atoms with Gasteiger partial charge in [0.1, 0.15) is 0 Å². The van der Waals surface area contributed by atoms with E-state index in [0.717, 1.165) is 12.8 Å². The Hall–Kier alpha value is -3.46. The van der Waals surface area contributed by atoms with Gasteiger partial charge in [-0.1, -0.05) is 18.2 Å². The summed E-state index contributed by atoms with van der Waals surface area (Å²) >= 11 is 0. The number of nitrogens with zero attached hydrogens (tertiary/aromatic N) is 4. The van der Waals surface area contributed by atoms with Crippen molar-refractivity contribution in [1.29, 1.82) is 5.26 Å². The summed E-state index contributed by atoms with van der Waals surface area (Å²) in [5.74, 6) is -0.112. The first kappa shape index (κ1) is 17.0. The van der Waals surface area contributed by atoms with Crippen LogP contribution in [0.5, 0.6) is 0 Å². The summed E-state index contributed by atoms with van der Waals surface area (Å²) in [5, 5.41) is 9.63. The van der Waals surface area contributed by atoms with E-state index in [4.69, 9.17) is 5.26 Å². The number of para-hydroxylation sites is 1. The van der Waals surface area contributed by atoms with Gasteiger partial charge in [0.15, 0.2) is 0 Å². The molecule has 3 aromatic rings. The molecule has 0 spiro atoms. The zero-order valence-electron chi connectivity index (χ0n) is 14.7. The summed E-state index contributed by atoms with van der Waals surface area (Å²) in [6.07, 6.45) is 3.22. The van der Waals surface area contributed by atoms with Crippen LogP contribution >= 0.6 is 0 Å². The number of aromatic nitrogens is 2. The molecule has 0 N–H and O–H groups in total. The van der Waals surface area contributed by atoms with Crippen LogP contribution in [0.1, 0.15) is 34.8 Å². The fraction of sp³-hybridized carbons (Fsp3) is 0.238. The predicted octanol–water partition coefficient (Wildman–Crippen LogP) is 2.75.